The fourth-order valence-electron chi connectivity index (χ4n) is 1.70. The molecule has 0 aliphatic heterocycles. The molecule has 0 heterocycles. The molecule has 1 amide bonds. The Morgan fingerprint density at radius 3 is 2.67 bits per heavy atom. The number of carbonyl (C=O) groups excluding carboxylic acids is 1. The molecule has 0 saturated carbocycles. The van der Waals surface area contributed by atoms with Crippen LogP contribution in [0.25, 0.3) is 0 Å². The van der Waals surface area contributed by atoms with Gasteiger partial charge in [0.05, 0.1) is 12.0 Å². The quantitative estimate of drug-likeness (QED) is 0.582. The Morgan fingerprint density at radius 2 is 2.14 bits per heavy atom. The second-order valence-electron chi connectivity index (χ2n) is 4.45. The molecule has 8 nitrogen and oxygen atoms in total. The van der Waals surface area contributed by atoms with Crippen LogP contribution in [0.5, 0.6) is 5.75 Å². The number of benzene rings is 1. The molecule has 8 heteroatoms. The molecular weight excluding hydrogens is 280 g/mol. The van der Waals surface area contributed by atoms with E-state index in [4.69, 9.17) is 9.84 Å². The van der Waals surface area contributed by atoms with Crippen molar-refractivity contribution in [2.75, 3.05) is 7.11 Å². The number of hydrogen-bond donors (Lipinski definition) is 2. The largest absolute Gasteiger partial charge is 0.497 e. The number of ether oxygens (including phenoxy) is 1. The molecule has 0 fully saturated rings. The molecule has 0 aliphatic carbocycles. The predicted molar refractivity (Wildman–Crippen MR) is 73.4 cm³/mol. The molecule has 0 spiro atoms. The Hall–Kier alpha value is -2.64. The highest BCUT2D eigenvalue weighted by molar-refractivity contribution is 5.98. The molecule has 0 radical (unpaired) electrons. The molecule has 21 heavy (non-hydrogen) atoms. The molecule has 0 saturated heterocycles. The lowest BCUT2D eigenvalue weighted by Gasteiger charge is -2.13. The Morgan fingerprint density at radius 1 is 1.48 bits per heavy atom. The van der Waals surface area contributed by atoms with Crippen molar-refractivity contribution in [3.05, 3.63) is 33.9 Å². The monoisotopic (exact) mass is 296 g/mol. The van der Waals surface area contributed by atoms with Crippen LogP contribution in [0.2, 0.25) is 0 Å². The minimum atomic E-state index is -0.969. The van der Waals surface area contributed by atoms with Gasteiger partial charge in [-0.15, -0.1) is 0 Å². The van der Waals surface area contributed by atoms with Crippen LogP contribution in [0.4, 0.5) is 5.69 Å². The van der Waals surface area contributed by atoms with Crippen molar-refractivity contribution in [3.8, 4) is 5.75 Å². The third-order valence-corrected chi connectivity index (χ3v) is 2.81. The van der Waals surface area contributed by atoms with Gasteiger partial charge in [0.1, 0.15) is 11.3 Å². The van der Waals surface area contributed by atoms with E-state index in [9.17, 15) is 19.7 Å². The minimum Gasteiger partial charge on any atom is -0.497 e. The predicted octanol–water partition coefficient (Wildman–Crippen LogP) is 1.59. The fourth-order valence-corrected chi connectivity index (χ4v) is 1.70. The van der Waals surface area contributed by atoms with Crippen LogP contribution < -0.4 is 10.1 Å². The summed E-state index contributed by atoms with van der Waals surface area (Å²) < 4.78 is 4.94. The van der Waals surface area contributed by atoms with E-state index < -0.39 is 22.8 Å². The van der Waals surface area contributed by atoms with Gasteiger partial charge < -0.3 is 15.2 Å². The zero-order chi connectivity index (χ0) is 16.0. The van der Waals surface area contributed by atoms with Crippen LogP contribution in [0.15, 0.2) is 18.2 Å². The van der Waals surface area contributed by atoms with Crippen LogP contribution in [0.1, 0.15) is 30.1 Å². The normalized spacial score (nSPS) is 11.5. The summed E-state index contributed by atoms with van der Waals surface area (Å²) in [5.41, 5.74) is -0.458. The zero-order valence-electron chi connectivity index (χ0n) is 11.7. The van der Waals surface area contributed by atoms with Gasteiger partial charge in [-0.1, -0.05) is 0 Å². The molecule has 0 aliphatic rings. The number of nitro groups is 1. The third kappa shape index (κ3) is 4.75. The van der Waals surface area contributed by atoms with Gasteiger partial charge in [0.15, 0.2) is 0 Å². The number of nitrogens with zero attached hydrogens (tertiary/aromatic N) is 1. The number of carboxylic acid groups (broad SMARTS) is 1. The average molecular weight is 296 g/mol. The number of carboxylic acids is 1. The standard InChI is InChI=1S/C13H16N2O6/c1-8(3-6-12(16)17)14-13(18)10-7-9(21-2)4-5-11(10)15(19)20/h4-5,7-8H,3,6H2,1-2H3,(H,14,18)(H,16,17). The second-order valence-corrected chi connectivity index (χ2v) is 4.45. The van der Waals surface area contributed by atoms with Crippen molar-refractivity contribution in [2.24, 2.45) is 0 Å². The van der Waals surface area contributed by atoms with Gasteiger partial charge in [-0.2, -0.15) is 0 Å². The highest BCUT2D eigenvalue weighted by Gasteiger charge is 2.22. The summed E-state index contributed by atoms with van der Waals surface area (Å²) in [6, 6.07) is 3.44. The maximum atomic E-state index is 12.1. The molecule has 1 aromatic rings. The summed E-state index contributed by atoms with van der Waals surface area (Å²) in [5, 5.41) is 22.0. The lowest BCUT2D eigenvalue weighted by atomic mass is 10.1. The first-order chi connectivity index (χ1) is 9.85. The van der Waals surface area contributed by atoms with E-state index in [1.165, 1.54) is 25.3 Å². The maximum absolute atomic E-state index is 12.1. The summed E-state index contributed by atoms with van der Waals surface area (Å²) in [5.74, 6) is -1.29. The van der Waals surface area contributed by atoms with Crippen molar-refractivity contribution in [2.45, 2.75) is 25.8 Å². The zero-order valence-corrected chi connectivity index (χ0v) is 11.7. The SMILES string of the molecule is COc1ccc([N+](=O)[O-])c(C(=O)NC(C)CCC(=O)O)c1. The summed E-state index contributed by atoms with van der Waals surface area (Å²) in [6.45, 7) is 1.63. The first-order valence-corrected chi connectivity index (χ1v) is 6.20. The molecule has 2 N–H and O–H groups in total. The highest BCUT2D eigenvalue weighted by atomic mass is 16.6. The van der Waals surface area contributed by atoms with Gasteiger partial charge in [0.25, 0.3) is 11.6 Å². The molecule has 1 aromatic carbocycles. The number of rotatable bonds is 7. The van der Waals surface area contributed by atoms with Gasteiger partial charge in [0, 0.05) is 18.5 Å². The topological polar surface area (TPSA) is 119 Å². The summed E-state index contributed by atoms with van der Waals surface area (Å²) in [4.78, 5) is 32.8. The van der Waals surface area contributed by atoms with Gasteiger partial charge in [-0.25, -0.2) is 0 Å². The second kappa shape index (κ2) is 7.22. The minimum absolute atomic E-state index is 0.0956. The first-order valence-electron chi connectivity index (χ1n) is 6.20. The van der Waals surface area contributed by atoms with E-state index in [1.54, 1.807) is 6.92 Å². The molecular formula is C13H16N2O6. The number of methoxy groups -OCH3 is 1. The number of aliphatic carboxylic acids is 1. The smallest absolute Gasteiger partial charge is 0.303 e. The Balaban J connectivity index is 2.89. The molecule has 0 aromatic heterocycles. The van der Waals surface area contributed by atoms with Gasteiger partial charge in [-0.3, -0.25) is 19.7 Å². The van der Waals surface area contributed by atoms with E-state index in [2.05, 4.69) is 5.32 Å². The lowest BCUT2D eigenvalue weighted by molar-refractivity contribution is -0.385. The Labute approximate surface area is 120 Å². The molecule has 1 atom stereocenters. The number of nitro benzene ring substituents is 1. The number of amides is 1. The molecule has 1 unspecified atom stereocenters. The molecule has 114 valence electrons. The van der Waals surface area contributed by atoms with E-state index >= 15 is 0 Å². The summed E-state index contributed by atoms with van der Waals surface area (Å²) in [7, 11) is 1.39. The summed E-state index contributed by atoms with van der Waals surface area (Å²) >= 11 is 0. The maximum Gasteiger partial charge on any atom is 0.303 e. The van der Waals surface area contributed by atoms with Crippen molar-refractivity contribution >= 4 is 17.6 Å². The van der Waals surface area contributed by atoms with Crippen LogP contribution in [-0.4, -0.2) is 35.1 Å². The Bertz CT molecular complexity index is 558. The highest BCUT2D eigenvalue weighted by Crippen LogP contribution is 2.24. The summed E-state index contributed by atoms with van der Waals surface area (Å²) in [6.07, 6.45) is 0.139. The fraction of sp³-hybridized carbons (Fsp3) is 0.385. The van der Waals surface area contributed by atoms with Gasteiger partial charge in [0.2, 0.25) is 0 Å². The third-order valence-electron chi connectivity index (χ3n) is 2.81. The molecule has 0 bridgehead atoms. The molecule has 1 rings (SSSR count). The number of carbonyl (C=O) groups is 2. The lowest BCUT2D eigenvalue weighted by Crippen LogP contribution is -2.33. The van der Waals surface area contributed by atoms with Crippen LogP contribution >= 0.6 is 0 Å². The number of nitrogens with one attached hydrogen (secondary N) is 1. The van der Waals surface area contributed by atoms with E-state index in [0.717, 1.165) is 0 Å². The van der Waals surface area contributed by atoms with Gasteiger partial charge in [-0.05, 0) is 25.5 Å². The van der Waals surface area contributed by atoms with Crippen molar-refractivity contribution in [1.82, 2.24) is 5.32 Å². The van der Waals surface area contributed by atoms with E-state index in [-0.39, 0.29) is 24.1 Å². The van der Waals surface area contributed by atoms with Gasteiger partial charge >= 0.3 is 5.97 Å². The van der Waals surface area contributed by atoms with Crippen LogP contribution in [-0.2, 0) is 4.79 Å². The van der Waals surface area contributed by atoms with Crippen LogP contribution in [0, 0.1) is 10.1 Å². The van der Waals surface area contributed by atoms with Crippen molar-refractivity contribution < 1.29 is 24.4 Å². The average Bonchev–Trinajstić information content (AvgIpc) is 2.44. The van der Waals surface area contributed by atoms with Crippen molar-refractivity contribution in [3.63, 3.8) is 0 Å². The Kier molecular flexibility index (Phi) is 5.65. The van der Waals surface area contributed by atoms with Crippen molar-refractivity contribution in [1.29, 1.82) is 0 Å². The number of hydrogen-bond acceptors (Lipinski definition) is 5. The van der Waals surface area contributed by atoms with E-state index in [1.807, 2.05) is 0 Å². The van der Waals surface area contributed by atoms with Crippen LogP contribution in [0.3, 0.4) is 0 Å². The first kappa shape index (κ1) is 16.4. The van der Waals surface area contributed by atoms with E-state index in [0.29, 0.717) is 5.75 Å².